The molecule has 362 valence electrons. The molecule has 2 aliphatic rings. The number of aliphatic carboxylic acids is 2. The van der Waals surface area contributed by atoms with Crippen molar-refractivity contribution in [2.45, 2.75) is 125 Å². The quantitative estimate of drug-likeness (QED) is 0.00999. The van der Waals surface area contributed by atoms with Crippen molar-refractivity contribution in [2.24, 2.45) is 5.73 Å². The smallest absolute Gasteiger partial charge is 0.326 e. The summed E-state index contributed by atoms with van der Waals surface area (Å²) in [6.07, 6.45) is 8.37. The molecule has 0 radical (unpaired) electrons. The molecule has 2 aliphatic heterocycles. The van der Waals surface area contributed by atoms with Gasteiger partial charge in [0.25, 0.3) is 0 Å². The highest BCUT2D eigenvalue weighted by atomic mass is 32.2. The van der Waals surface area contributed by atoms with Gasteiger partial charge in [-0.1, -0.05) is 6.42 Å². The number of urea groups is 1. The molecule has 2 fully saturated rings. The number of carboxylic acid groups (broad SMARTS) is 2. The summed E-state index contributed by atoms with van der Waals surface area (Å²) in [7, 11) is 0. The number of aliphatic hydroxyl groups is 1. The van der Waals surface area contributed by atoms with Crippen molar-refractivity contribution in [3.05, 3.63) is 0 Å². The number of carbonyl (C=O) groups is 10. The summed E-state index contributed by atoms with van der Waals surface area (Å²) in [6.45, 7) is -1.94. The van der Waals surface area contributed by atoms with Crippen LogP contribution in [0.5, 0.6) is 0 Å². The molecule has 2 rings (SSSR count). The van der Waals surface area contributed by atoms with Gasteiger partial charge < -0.3 is 74.2 Å². The molecule has 7 atom stereocenters. The van der Waals surface area contributed by atoms with Crippen LogP contribution >= 0.6 is 11.8 Å². The molecule has 0 bridgehead atoms. The number of guanidine groups is 1. The van der Waals surface area contributed by atoms with E-state index in [1.807, 2.05) is 0 Å². The molecule has 0 saturated carbocycles. The first-order chi connectivity index (χ1) is 30.9. The molecule has 2 heterocycles. The molecule has 0 aromatic rings. The van der Waals surface area contributed by atoms with Gasteiger partial charge in [0.2, 0.25) is 41.4 Å². The average molecular weight is 939 g/mol. The molecule has 25 nitrogen and oxygen atoms in total. The maximum absolute atomic E-state index is 13.1. The largest absolute Gasteiger partial charge is 0.481 e. The average Bonchev–Trinajstić information content (AvgIpc) is 3.81. The number of nitrogens with two attached hydrogens (primary N) is 1. The number of amides is 9. The molecule has 9 amide bonds. The van der Waals surface area contributed by atoms with Crippen molar-refractivity contribution in [3.8, 4) is 12.3 Å². The van der Waals surface area contributed by atoms with E-state index in [1.165, 1.54) is 0 Å². The van der Waals surface area contributed by atoms with Gasteiger partial charge in [0, 0.05) is 43.4 Å². The van der Waals surface area contributed by atoms with Gasteiger partial charge in [0.15, 0.2) is 5.96 Å². The van der Waals surface area contributed by atoms with Crippen LogP contribution in [-0.2, 0) is 43.2 Å². The Balaban J connectivity index is 1.83. The Morgan fingerprint density at radius 2 is 1.34 bits per heavy atom. The number of fused-ring (bicyclic) bond motifs is 1. The molecule has 16 N–H and O–H groups in total. The lowest BCUT2D eigenvalue weighted by atomic mass is 10.0. The van der Waals surface area contributed by atoms with Crippen LogP contribution < -0.4 is 58.9 Å². The Labute approximate surface area is 379 Å². The van der Waals surface area contributed by atoms with E-state index < -0.39 is 97.7 Å². The van der Waals surface area contributed by atoms with Crippen LogP contribution in [0.4, 0.5) is 4.79 Å². The van der Waals surface area contributed by atoms with Crippen LogP contribution in [0.3, 0.4) is 0 Å². The minimum Gasteiger partial charge on any atom is -0.481 e. The van der Waals surface area contributed by atoms with Crippen molar-refractivity contribution >= 4 is 77.0 Å². The number of hydrogen-bond acceptors (Lipinski definition) is 13. The lowest BCUT2D eigenvalue weighted by molar-refractivity contribution is -0.143. The van der Waals surface area contributed by atoms with Crippen molar-refractivity contribution in [3.63, 3.8) is 0 Å². The first-order valence-electron chi connectivity index (χ1n) is 21.2. The summed E-state index contributed by atoms with van der Waals surface area (Å²) in [5.74, 6) is -5.73. The first-order valence-corrected chi connectivity index (χ1v) is 22.2. The van der Waals surface area contributed by atoms with Crippen molar-refractivity contribution in [2.75, 3.05) is 38.5 Å². The zero-order valence-corrected chi connectivity index (χ0v) is 36.8. The Morgan fingerprint density at radius 3 is 2.00 bits per heavy atom. The van der Waals surface area contributed by atoms with Crippen LogP contribution in [0.1, 0.15) is 83.5 Å². The summed E-state index contributed by atoms with van der Waals surface area (Å²) in [5.41, 5.74) is 5.27. The summed E-state index contributed by atoms with van der Waals surface area (Å²) in [4.78, 5) is 124. The predicted octanol–water partition coefficient (Wildman–Crippen LogP) is -4.21. The summed E-state index contributed by atoms with van der Waals surface area (Å²) < 4.78 is 0. The normalized spacial score (nSPS) is 17.7. The van der Waals surface area contributed by atoms with Crippen molar-refractivity contribution < 1.29 is 63.3 Å². The molecular weight excluding hydrogens is 877 g/mol. The molecule has 26 heteroatoms. The monoisotopic (exact) mass is 938 g/mol. The number of carboxylic acids is 2. The number of thioether (sulfide) groups is 1. The Kier molecular flexibility index (Phi) is 25.2. The van der Waals surface area contributed by atoms with E-state index in [1.54, 1.807) is 11.8 Å². The van der Waals surface area contributed by atoms with Gasteiger partial charge in [0.05, 0.1) is 38.2 Å². The van der Waals surface area contributed by atoms with Gasteiger partial charge in [-0.15, -0.1) is 12.3 Å². The number of terminal acetylenes is 1. The Hall–Kier alpha value is -6.36. The van der Waals surface area contributed by atoms with Crippen LogP contribution in [0, 0.1) is 17.8 Å². The molecule has 0 aromatic heterocycles. The van der Waals surface area contributed by atoms with Crippen molar-refractivity contribution in [1.29, 1.82) is 5.41 Å². The highest BCUT2D eigenvalue weighted by Crippen LogP contribution is 2.33. The highest BCUT2D eigenvalue weighted by molar-refractivity contribution is 8.00. The number of carbonyl (C=O) groups excluding carboxylic acids is 8. The number of aliphatic hydroxyl groups excluding tert-OH is 1. The highest BCUT2D eigenvalue weighted by Gasteiger charge is 2.42. The zero-order valence-electron chi connectivity index (χ0n) is 36.0. The van der Waals surface area contributed by atoms with Gasteiger partial charge in [-0.2, -0.15) is 11.8 Å². The molecular formula is C39H62N12O13S. The zero-order chi connectivity index (χ0) is 48.3. The summed E-state index contributed by atoms with van der Waals surface area (Å²) >= 11 is 1.80. The van der Waals surface area contributed by atoms with E-state index in [2.05, 4.69) is 59.1 Å². The third-order valence-electron chi connectivity index (χ3n) is 10.0. The van der Waals surface area contributed by atoms with E-state index in [0.29, 0.717) is 37.4 Å². The molecule has 4 unspecified atom stereocenters. The second-order valence-electron chi connectivity index (χ2n) is 15.2. The van der Waals surface area contributed by atoms with Crippen molar-refractivity contribution in [1.82, 2.24) is 53.2 Å². The van der Waals surface area contributed by atoms with E-state index in [4.69, 9.17) is 17.6 Å². The Bertz CT molecular complexity index is 1750. The van der Waals surface area contributed by atoms with Gasteiger partial charge in [-0.05, 0) is 51.4 Å². The first kappa shape index (κ1) is 54.8. The minimum absolute atomic E-state index is 0.0179. The molecule has 2 saturated heterocycles. The van der Waals surface area contributed by atoms with E-state index in [-0.39, 0.29) is 75.2 Å². The standard InChI is InChI=1S/C39H62N12O13S/c1-2-3-4-13-29(54)44-18-30(55)46-22(11-9-16-43-38(40)41)34(59)45-19-31(56)47-24(17-32(57)58)35(60)49-25(20-52)36(61)48-23(37(62)63)10-7-8-15-42-28(53)14-6-5-12-27-33-26(21-65-27)50-39(64)51-33/h1,22-27,33,52H,3-21H2,(H,42,53)(H,44,54)(H,45,59)(H,46,55)(H,47,56)(H,48,61)(H,49,60)(H,57,58)(H,62,63)(H4,40,41,43)(H2,50,51,64)/t22-,23-,24-,25?,26?,27?,33?/m0/s1. The van der Waals surface area contributed by atoms with Crippen LogP contribution in [-0.4, -0.2) is 161 Å². The number of unbranched alkanes of at least 4 members (excludes halogenated alkanes) is 3. The van der Waals surface area contributed by atoms with E-state index >= 15 is 0 Å². The van der Waals surface area contributed by atoms with Crippen LogP contribution in [0.2, 0.25) is 0 Å². The maximum atomic E-state index is 13.1. The summed E-state index contributed by atoms with van der Waals surface area (Å²) in [5, 5.41) is 61.2. The number of nitrogens with one attached hydrogen (secondary N) is 11. The lowest BCUT2D eigenvalue weighted by Crippen LogP contribution is -2.58. The Morgan fingerprint density at radius 1 is 0.723 bits per heavy atom. The third kappa shape index (κ3) is 22.2. The fourth-order valence-corrected chi connectivity index (χ4v) is 8.18. The minimum atomic E-state index is -1.84. The molecule has 0 aliphatic carbocycles. The van der Waals surface area contributed by atoms with E-state index in [9.17, 15) is 63.3 Å². The van der Waals surface area contributed by atoms with Gasteiger partial charge in [-0.3, -0.25) is 43.8 Å². The lowest BCUT2D eigenvalue weighted by Gasteiger charge is -2.23. The number of hydrogen-bond donors (Lipinski definition) is 15. The third-order valence-corrected chi connectivity index (χ3v) is 11.5. The van der Waals surface area contributed by atoms with E-state index in [0.717, 1.165) is 18.6 Å². The van der Waals surface area contributed by atoms with Crippen LogP contribution in [0.25, 0.3) is 0 Å². The second kappa shape index (κ2) is 29.9. The van der Waals surface area contributed by atoms with Gasteiger partial charge >= 0.3 is 18.0 Å². The van der Waals surface area contributed by atoms with Gasteiger partial charge in [0.1, 0.15) is 24.2 Å². The summed E-state index contributed by atoms with van der Waals surface area (Å²) in [6, 6.07) is -6.25. The molecule has 65 heavy (non-hydrogen) atoms. The SMILES string of the molecule is C#CCCCC(=O)NCC(=O)N[C@@H](CCCNC(=N)N)C(=O)NCC(=O)N[C@@H](CC(=O)O)C(=O)NC(CO)C(=O)N[C@@H](CCCCNC(=O)CCCCC1SCC2NC(=O)NC21)C(=O)O. The topological polar surface area (TPSA) is 402 Å². The maximum Gasteiger partial charge on any atom is 0.326 e. The van der Waals surface area contributed by atoms with Crippen LogP contribution in [0.15, 0.2) is 0 Å². The molecule has 0 aromatic carbocycles. The predicted molar refractivity (Wildman–Crippen MR) is 233 cm³/mol. The second-order valence-corrected chi connectivity index (χ2v) is 16.5. The fourth-order valence-electron chi connectivity index (χ4n) is 6.64. The number of rotatable bonds is 32. The molecule has 0 spiro atoms. The fraction of sp³-hybridized carbons (Fsp3) is 0.667. The van der Waals surface area contributed by atoms with Gasteiger partial charge in [-0.25, -0.2) is 9.59 Å².